The Morgan fingerprint density at radius 1 is 1.16 bits per heavy atom. The van der Waals surface area contributed by atoms with Gasteiger partial charge in [0.1, 0.15) is 12.4 Å². The van der Waals surface area contributed by atoms with Crippen LogP contribution < -0.4 is 15.5 Å². The predicted octanol–water partition coefficient (Wildman–Crippen LogP) is 4.19. The lowest BCUT2D eigenvalue weighted by molar-refractivity contribution is 0.0140. The Bertz CT molecular complexity index is 1440. The second-order valence-corrected chi connectivity index (χ2v) is 11.3. The molecule has 1 aromatic carbocycles. The largest absolute Gasteiger partial charge is 0.381 e. The molecule has 6 rings (SSSR count). The van der Waals surface area contributed by atoms with E-state index < -0.39 is 6.43 Å². The summed E-state index contributed by atoms with van der Waals surface area (Å²) in [4.78, 5) is 20.6. The lowest BCUT2D eigenvalue weighted by Gasteiger charge is -2.33. The van der Waals surface area contributed by atoms with Gasteiger partial charge < -0.3 is 19.7 Å². The fourth-order valence-electron chi connectivity index (χ4n) is 6.43. The van der Waals surface area contributed by atoms with Gasteiger partial charge in [-0.15, -0.1) is 0 Å². The normalized spacial score (nSPS) is 17.7. The van der Waals surface area contributed by atoms with Gasteiger partial charge in [-0.1, -0.05) is 6.07 Å². The first-order valence-corrected chi connectivity index (χ1v) is 15.0. The quantitative estimate of drug-likeness (QED) is 0.281. The van der Waals surface area contributed by atoms with Crippen molar-refractivity contribution in [3.8, 4) is 11.1 Å². The first-order valence-electron chi connectivity index (χ1n) is 15.0. The van der Waals surface area contributed by atoms with Crippen LogP contribution in [0.5, 0.6) is 0 Å². The first kappa shape index (κ1) is 29.6. The molecule has 12 heteroatoms. The average molecular weight is 596 g/mol. The van der Waals surface area contributed by atoms with Crippen molar-refractivity contribution in [2.45, 2.75) is 51.1 Å². The third kappa shape index (κ3) is 6.01. The maximum absolute atomic E-state index is 14.6. The zero-order valence-electron chi connectivity index (χ0n) is 24.7. The zero-order valence-corrected chi connectivity index (χ0v) is 24.7. The topological polar surface area (TPSA) is 96.8 Å². The van der Waals surface area contributed by atoms with Gasteiger partial charge >= 0.3 is 0 Å². The molecule has 2 N–H and O–H groups in total. The number of hydrogen-bond donors (Lipinski definition) is 2. The molecule has 0 spiro atoms. The molecule has 10 nitrogen and oxygen atoms in total. The molecule has 1 fully saturated rings. The number of carbonyl (C=O) groups excluding carboxylic acids is 1. The van der Waals surface area contributed by atoms with Gasteiger partial charge in [0, 0.05) is 80.6 Å². The Hall–Kier alpha value is -3.45. The number of nitrogens with zero attached hydrogens (tertiary/aromatic N) is 5. The van der Waals surface area contributed by atoms with Gasteiger partial charge in [-0.25, -0.2) is 8.78 Å². The van der Waals surface area contributed by atoms with Gasteiger partial charge in [0.15, 0.2) is 5.82 Å². The number of carbonyl (C=O) groups is 1. The van der Waals surface area contributed by atoms with Crippen molar-refractivity contribution < 1.29 is 23.0 Å². The van der Waals surface area contributed by atoms with E-state index in [1.54, 1.807) is 18.2 Å². The van der Waals surface area contributed by atoms with Crippen molar-refractivity contribution in [1.29, 1.82) is 0 Å². The van der Waals surface area contributed by atoms with E-state index in [0.717, 1.165) is 61.3 Å². The van der Waals surface area contributed by atoms with Gasteiger partial charge in [-0.2, -0.15) is 5.10 Å². The summed E-state index contributed by atoms with van der Waals surface area (Å²) in [5.74, 6) is 0.530. The molecule has 2 aromatic heterocycles. The van der Waals surface area contributed by atoms with Crippen LogP contribution in [0.15, 0.2) is 30.5 Å². The van der Waals surface area contributed by atoms with Gasteiger partial charge in [-0.05, 0) is 62.1 Å². The average Bonchev–Trinajstić information content (AvgIpc) is 3.42. The molecule has 3 aromatic rings. The molecule has 0 radical (unpaired) electrons. The second kappa shape index (κ2) is 13.0. The molecule has 230 valence electrons. The maximum atomic E-state index is 14.6. The minimum Gasteiger partial charge on any atom is -0.381 e. The molecule has 0 unspecified atom stereocenters. The highest BCUT2D eigenvalue weighted by Gasteiger charge is 2.33. The molecule has 3 aliphatic rings. The Morgan fingerprint density at radius 2 is 2.00 bits per heavy atom. The van der Waals surface area contributed by atoms with Crippen molar-refractivity contribution in [1.82, 2.24) is 30.3 Å². The highest BCUT2D eigenvalue weighted by molar-refractivity contribution is 5.92. The maximum Gasteiger partial charge on any atom is 0.269 e. The summed E-state index contributed by atoms with van der Waals surface area (Å²) in [5.41, 5.74) is 5.34. The number of aryl methyl sites for hydroxylation is 1. The molecule has 43 heavy (non-hydrogen) atoms. The fraction of sp³-hybridized carbons (Fsp3) is 0.516. The number of pyridine rings is 1. The molecule has 1 saturated heterocycles. The minimum absolute atomic E-state index is 0.0556. The van der Waals surface area contributed by atoms with E-state index in [-0.39, 0.29) is 23.2 Å². The summed E-state index contributed by atoms with van der Waals surface area (Å²) in [6.45, 7) is 4.66. The first-order chi connectivity index (χ1) is 21.0. The van der Waals surface area contributed by atoms with Crippen LogP contribution in [-0.2, 0) is 28.9 Å². The minimum atomic E-state index is -2.68. The zero-order chi connectivity index (χ0) is 29.9. The Kier molecular flexibility index (Phi) is 8.98. The van der Waals surface area contributed by atoms with Crippen LogP contribution >= 0.6 is 0 Å². The summed E-state index contributed by atoms with van der Waals surface area (Å²) >= 11 is 0. The number of alkyl halides is 2. The summed E-state index contributed by atoms with van der Waals surface area (Å²) in [6.07, 6.45) is 3.13. The van der Waals surface area contributed by atoms with Crippen LogP contribution in [0.2, 0.25) is 0 Å². The van der Waals surface area contributed by atoms with Crippen molar-refractivity contribution in [2.24, 2.45) is 0 Å². The number of fused-ring (bicyclic) bond motifs is 2. The van der Waals surface area contributed by atoms with Crippen LogP contribution in [0.25, 0.3) is 11.1 Å². The lowest BCUT2D eigenvalue weighted by atomic mass is 9.92. The molecule has 0 aliphatic carbocycles. The molecular weight excluding hydrogens is 556 g/mol. The summed E-state index contributed by atoms with van der Waals surface area (Å²) in [6, 6.07) is 7.02. The highest BCUT2D eigenvalue weighted by atomic mass is 19.3. The summed E-state index contributed by atoms with van der Waals surface area (Å²) in [5, 5.41) is 10.8. The molecule has 0 bridgehead atoms. The van der Waals surface area contributed by atoms with Crippen LogP contribution in [0.1, 0.15) is 64.6 Å². The van der Waals surface area contributed by atoms with Crippen molar-refractivity contribution >= 4 is 17.4 Å². The molecular formula is C31H39F2N7O3. The molecule has 0 atom stereocenters. The molecule has 3 aliphatic heterocycles. The Morgan fingerprint density at radius 3 is 2.72 bits per heavy atom. The standard InChI is InChI=1S/C31H39F2N7O3/c1-34-18-43-19-38-11-7-27-25(17-38)30(37-40(27)22-8-12-42-13-9-22)39-10-3-4-20-14-23(24(29(32)33)15-28(20)39)21-5-6-26(36-16-21)31(41)35-2/h5-6,14-16,22,29,34H,3-4,7-13,17-19H2,1-2H3,(H,35,41). The Balaban J connectivity index is 1.39. The van der Waals surface area contributed by atoms with E-state index in [9.17, 15) is 13.6 Å². The number of rotatable bonds is 9. The molecule has 0 saturated carbocycles. The highest BCUT2D eigenvalue weighted by Crippen LogP contribution is 2.43. The van der Waals surface area contributed by atoms with E-state index in [1.165, 1.54) is 18.9 Å². The summed E-state index contributed by atoms with van der Waals surface area (Å²) in [7, 11) is 3.38. The SMILES string of the molecule is CNCOCN1CCc2c(c(N3CCCc4cc(-c5ccc(C(=O)NC)nc5)c(C(F)F)cc43)nn2C2CCOCC2)C1. The van der Waals surface area contributed by atoms with Crippen LogP contribution in [0.3, 0.4) is 0 Å². The predicted molar refractivity (Wildman–Crippen MR) is 159 cm³/mol. The number of aromatic nitrogens is 3. The van der Waals surface area contributed by atoms with E-state index in [2.05, 4.69) is 30.1 Å². The Labute approximate surface area is 250 Å². The number of benzene rings is 1. The van der Waals surface area contributed by atoms with E-state index in [4.69, 9.17) is 14.6 Å². The van der Waals surface area contributed by atoms with Crippen LogP contribution in [-0.4, -0.2) is 79.4 Å². The number of ether oxygens (including phenoxy) is 2. The van der Waals surface area contributed by atoms with E-state index >= 15 is 0 Å². The van der Waals surface area contributed by atoms with E-state index in [1.807, 2.05) is 13.1 Å². The van der Waals surface area contributed by atoms with E-state index in [0.29, 0.717) is 50.9 Å². The monoisotopic (exact) mass is 595 g/mol. The second-order valence-electron chi connectivity index (χ2n) is 11.3. The molecule has 1 amide bonds. The van der Waals surface area contributed by atoms with Crippen molar-refractivity contribution in [2.75, 3.05) is 58.8 Å². The van der Waals surface area contributed by atoms with Gasteiger partial charge in [-0.3, -0.25) is 24.7 Å². The lowest BCUT2D eigenvalue weighted by Crippen LogP contribution is -2.35. The van der Waals surface area contributed by atoms with Gasteiger partial charge in [0.05, 0.1) is 12.8 Å². The smallest absolute Gasteiger partial charge is 0.269 e. The van der Waals surface area contributed by atoms with Crippen LogP contribution in [0, 0.1) is 0 Å². The number of amides is 1. The third-order valence-corrected chi connectivity index (χ3v) is 8.60. The van der Waals surface area contributed by atoms with Gasteiger partial charge in [0.2, 0.25) is 0 Å². The van der Waals surface area contributed by atoms with Crippen LogP contribution in [0.4, 0.5) is 20.3 Å². The fourth-order valence-corrected chi connectivity index (χ4v) is 6.43. The van der Waals surface area contributed by atoms with Crippen molar-refractivity contribution in [3.05, 3.63) is 58.5 Å². The number of hydrogen-bond acceptors (Lipinski definition) is 8. The third-order valence-electron chi connectivity index (χ3n) is 8.60. The number of anilines is 2. The number of halogens is 2. The number of nitrogens with one attached hydrogen (secondary N) is 2. The summed E-state index contributed by atoms with van der Waals surface area (Å²) < 4.78 is 42.9. The van der Waals surface area contributed by atoms with Gasteiger partial charge in [0.25, 0.3) is 12.3 Å². The van der Waals surface area contributed by atoms with Crippen molar-refractivity contribution in [3.63, 3.8) is 0 Å². The molecule has 5 heterocycles.